The Kier molecular flexibility index (Phi) is 15.9. The summed E-state index contributed by atoms with van der Waals surface area (Å²) in [4.78, 5) is 26.2. The predicted octanol–water partition coefficient (Wildman–Crippen LogP) is 7.06. The first kappa shape index (κ1) is 35.4. The number of allylic oxidation sites excluding steroid dienone is 4. The van der Waals surface area contributed by atoms with Gasteiger partial charge in [-0.3, -0.25) is 9.59 Å². The molecule has 0 aromatic rings. The minimum atomic E-state index is -0.458. The van der Waals surface area contributed by atoms with Gasteiger partial charge in [0, 0.05) is 36.9 Å². The molecular weight excluding hydrogens is 498 g/mol. The van der Waals surface area contributed by atoms with Gasteiger partial charge in [-0.1, -0.05) is 70.1 Å². The summed E-state index contributed by atoms with van der Waals surface area (Å²) >= 11 is 0. The number of hydrogen-bond acceptors (Lipinski definition) is 4. The number of nitrogens with one attached hydrogen (secondary N) is 3. The van der Waals surface area contributed by atoms with Crippen LogP contribution in [0, 0.1) is 5.92 Å². The number of ether oxygens (including phenoxy) is 1. The largest absolute Gasteiger partial charge is 0.384 e. The fourth-order valence-electron chi connectivity index (χ4n) is 4.89. The SMILES string of the molecule is C=C(NC(CC(=O)NC(C)(C)C(=C)CC)CC(C)C)C(C)NC(=O)C1=CC=C(CCCOCC)CC(CCC)=C1. The average Bonchev–Trinajstić information content (AvgIpc) is 3.07. The predicted molar refractivity (Wildman–Crippen MR) is 169 cm³/mol. The van der Waals surface area contributed by atoms with Crippen molar-refractivity contribution in [2.24, 2.45) is 5.92 Å². The van der Waals surface area contributed by atoms with Gasteiger partial charge in [0.1, 0.15) is 0 Å². The molecule has 3 N–H and O–H groups in total. The Morgan fingerprint density at radius 1 is 1.02 bits per heavy atom. The highest BCUT2D eigenvalue weighted by atomic mass is 16.5. The fourth-order valence-corrected chi connectivity index (χ4v) is 4.89. The van der Waals surface area contributed by atoms with Gasteiger partial charge in [-0.2, -0.15) is 0 Å². The van der Waals surface area contributed by atoms with Crippen LogP contribution < -0.4 is 16.0 Å². The van der Waals surface area contributed by atoms with Crippen LogP contribution in [0.3, 0.4) is 0 Å². The summed E-state index contributed by atoms with van der Waals surface area (Å²) in [6.45, 7) is 26.2. The monoisotopic (exact) mass is 555 g/mol. The molecule has 2 amide bonds. The van der Waals surface area contributed by atoms with Gasteiger partial charge in [-0.15, -0.1) is 0 Å². The first-order valence-corrected chi connectivity index (χ1v) is 15.2. The van der Waals surface area contributed by atoms with E-state index < -0.39 is 5.54 Å². The summed E-state index contributed by atoms with van der Waals surface area (Å²) in [6, 6.07) is -0.392. The van der Waals surface area contributed by atoms with E-state index in [2.05, 4.69) is 56.0 Å². The first-order chi connectivity index (χ1) is 18.8. The molecule has 0 heterocycles. The van der Waals surface area contributed by atoms with Crippen molar-refractivity contribution < 1.29 is 14.3 Å². The van der Waals surface area contributed by atoms with E-state index in [1.165, 1.54) is 11.1 Å². The average molecular weight is 556 g/mol. The summed E-state index contributed by atoms with van der Waals surface area (Å²) in [6.07, 6.45) is 12.9. The second-order valence-electron chi connectivity index (χ2n) is 12.0. The lowest BCUT2D eigenvalue weighted by atomic mass is 9.92. The molecule has 1 aliphatic rings. The van der Waals surface area contributed by atoms with Crippen LogP contribution in [0.5, 0.6) is 0 Å². The Balaban J connectivity index is 2.88. The van der Waals surface area contributed by atoms with Crippen molar-refractivity contribution in [3.63, 3.8) is 0 Å². The van der Waals surface area contributed by atoms with E-state index in [0.717, 1.165) is 63.7 Å². The molecule has 0 aliphatic heterocycles. The first-order valence-electron chi connectivity index (χ1n) is 15.2. The van der Waals surface area contributed by atoms with E-state index >= 15 is 0 Å². The summed E-state index contributed by atoms with van der Waals surface area (Å²) in [5.74, 6) is 0.256. The molecule has 6 nitrogen and oxygen atoms in total. The Morgan fingerprint density at radius 3 is 2.33 bits per heavy atom. The van der Waals surface area contributed by atoms with E-state index in [0.29, 0.717) is 23.6 Å². The van der Waals surface area contributed by atoms with Crippen molar-refractivity contribution in [3.8, 4) is 0 Å². The molecule has 226 valence electrons. The van der Waals surface area contributed by atoms with Crippen molar-refractivity contribution in [2.75, 3.05) is 13.2 Å². The zero-order chi connectivity index (χ0) is 30.3. The van der Waals surface area contributed by atoms with Gasteiger partial charge < -0.3 is 20.7 Å². The third-order valence-electron chi connectivity index (χ3n) is 7.35. The molecule has 0 saturated carbocycles. The maximum absolute atomic E-state index is 13.3. The zero-order valence-corrected chi connectivity index (χ0v) is 26.7. The lowest BCUT2D eigenvalue weighted by molar-refractivity contribution is -0.123. The molecular formula is C34H57N3O3. The van der Waals surface area contributed by atoms with Gasteiger partial charge in [-0.05, 0) is 84.3 Å². The smallest absolute Gasteiger partial charge is 0.251 e. The van der Waals surface area contributed by atoms with Gasteiger partial charge in [0.2, 0.25) is 5.91 Å². The second-order valence-corrected chi connectivity index (χ2v) is 12.0. The molecule has 0 spiro atoms. The van der Waals surface area contributed by atoms with Crippen molar-refractivity contribution >= 4 is 11.8 Å². The minimum Gasteiger partial charge on any atom is -0.384 e. The fraction of sp³-hybridized carbons (Fsp3) is 0.647. The molecule has 40 heavy (non-hydrogen) atoms. The highest BCUT2D eigenvalue weighted by Gasteiger charge is 2.25. The van der Waals surface area contributed by atoms with Gasteiger partial charge >= 0.3 is 0 Å². The van der Waals surface area contributed by atoms with Crippen LogP contribution in [-0.2, 0) is 14.3 Å². The van der Waals surface area contributed by atoms with Gasteiger partial charge in [0.05, 0.1) is 11.6 Å². The van der Waals surface area contributed by atoms with Crippen LogP contribution in [0.25, 0.3) is 0 Å². The molecule has 2 unspecified atom stereocenters. The molecule has 0 aromatic carbocycles. The lowest BCUT2D eigenvalue weighted by Gasteiger charge is -2.31. The maximum Gasteiger partial charge on any atom is 0.251 e. The van der Waals surface area contributed by atoms with Crippen LogP contribution in [0.4, 0.5) is 0 Å². The van der Waals surface area contributed by atoms with E-state index in [9.17, 15) is 9.59 Å². The molecule has 0 bridgehead atoms. The van der Waals surface area contributed by atoms with Crippen LogP contribution >= 0.6 is 0 Å². The minimum absolute atomic E-state index is 0.0247. The second kappa shape index (κ2) is 18.0. The van der Waals surface area contributed by atoms with E-state index in [-0.39, 0.29) is 23.9 Å². The molecule has 0 saturated heterocycles. The van der Waals surface area contributed by atoms with Crippen LogP contribution in [0.2, 0.25) is 0 Å². The van der Waals surface area contributed by atoms with E-state index in [1.54, 1.807) is 0 Å². The molecule has 0 fully saturated rings. The Hall–Kier alpha value is -2.60. The van der Waals surface area contributed by atoms with Crippen molar-refractivity contribution in [2.45, 2.75) is 124 Å². The summed E-state index contributed by atoms with van der Waals surface area (Å²) in [7, 11) is 0. The molecule has 6 heteroatoms. The van der Waals surface area contributed by atoms with E-state index in [1.807, 2.05) is 46.8 Å². The van der Waals surface area contributed by atoms with Gasteiger partial charge in [0.25, 0.3) is 5.91 Å². The number of carbonyl (C=O) groups is 2. The van der Waals surface area contributed by atoms with Crippen LogP contribution in [-0.4, -0.2) is 42.7 Å². The summed E-state index contributed by atoms with van der Waals surface area (Å²) in [5, 5.41) is 9.69. The van der Waals surface area contributed by atoms with Crippen LogP contribution in [0.15, 0.2) is 59.4 Å². The highest BCUT2D eigenvalue weighted by Crippen LogP contribution is 2.25. The molecule has 0 radical (unpaired) electrons. The molecule has 1 aliphatic carbocycles. The number of hydrogen-bond donors (Lipinski definition) is 3. The van der Waals surface area contributed by atoms with Crippen molar-refractivity contribution in [1.29, 1.82) is 0 Å². The lowest BCUT2D eigenvalue weighted by Crippen LogP contribution is -2.48. The Morgan fingerprint density at radius 2 is 1.73 bits per heavy atom. The number of amides is 2. The summed E-state index contributed by atoms with van der Waals surface area (Å²) in [5.41, 5.74) is 4.52. The Bertz CT molecular complexity index is 955. The third kappa shape index (κ3) is 13.2. The Labute approximate surface area is 244 Å². The normalized spacial score (nSPS) is 15.3. The third-order valence-corrected chi connectivity index (χ3v) is 7.35. The van der Waals surface area contributed by atoms with Crippen molar-refractivity contribution in [1.82, 2.24) is 16.0 Å². The zero-order valence-electron chi connectivity index (χ0n) is 26.7. The molecule has 2 atom stereocenters. The topological polar surface area (TPSA) is 79.5 Å². The van der Waals surface area contributed by atoms with Crippen LogP contribution in [0.1, 0.15) is 107 Å². The van der Waals surface area contributed by atoms with Gasteiger partial charge in [0.15, 0.2) is 0 Å². The van der Waals surface area contributed by atoms with Crippen molar-refractivity contribution in [3.05, 3.63) is 59.4 Å². The number of rotatable bonds is 19. The van der Waals surface area contributed by atoms with E-state index in [4.69, 9.17) is 4.74 Å². The summed E-state index contributed by atoms with van der Waals surface area (Å²) < 4.78 is 5.50. The quantitative estimate of drug-likeness (QED) is 0.118. The highest BCUT2D eigenvalue weighted by molar-refractivity contribution is 5.97. The standard InChI is InChI=1S/C34H57N3O3/c1-11-15-29-21-28(16-14-19-40-13-3)17-18-30(22-29)33(39)36-27(8)26(7)35-31(20-24(4)5)23-32(38)37-34(9,10)25(6)12-2/h17-18,22,24,27,31,35H,6-7,11-16,19-21,23H2,1-5,8-10H3,(H,36,39)(H,37,38). The molecule has 1 rings (SSSR count). The molecule has 0 aromatic heterocycles. The van der Waals surface area contributed by atoms with Gasteiger partial charge in [-0.25, -0.2) is 0 Å². The number of carbonyl (C=O) groups excluding carboxylic acids is 2. The maximum atomic E-state index is 13.3.